The molecule has 0 amide bonds. The van der Waals surface area contributed by atoms with Gasteiger partial charge in [-0.15, -0.1) is 0 Å². The number of hydrogen-bond donors (Lipinski definition) is 1. The van der Waals surface area contributed by atoms with E-state index in [4.69, 9.17) is 4.99 Å². The zero-order valence-corrected chi connectivity index (χ0v) is 12.5. The lowest BCUT2D eigenvalue weighted by Crippen LogP contribution is -2.43. The van der Waals surface area contributed by atoms with E-state index in [9.17, 15) is 5.11 Å². The molecule has 1 atom stereocenters. The van der Waals surface area contributed by atoms with Crippen molar-refractivity contribution in [3.63, 3.8) is 0 Å². The Balaban J connectivity index is 1.90. The maximum absolute atomic E-state index is 11.6. The first-order valence-electron chi connectivity index (χ1n) is 7.86. The second kappa shape index (κ2) is 4.40. The average molecular weight is 297 g/mol. The SMILES string of the molecule is OC12Cc3ccccc3N=C1c1ccccc1-c1ccccc12. The van der Waals surface area contributed by atoms with Crippen molar-refractivity contribution >= 4 is 11.4 Å². The molecule has 1 unspecified atom stereocenters. The molecule has 0 radical (unpaired) electrons. The summed E-state index contributed by atoms with van der Waals surface area (Å²) >= 11 is 0. The van der Waals surface area contributed by atoms with Gasteiger partial charge in [-0.2, -0.15) is 0 Å². The Labute approximate surface area is 134 Å². The van der Waals surface area contributed by atoms with E-state index in [1.165, 1.54) is 0 Å². The average Bonchev–Trinajstić information content (AvgIpc) is 2.61. The van der Waals surface area contributed by atoms with Gasteiger partial charge in [-0.05, 0) is 28.3 Å². The molecule has 2 heteroatoms. The maximum atomic E-state index is 11.6. The number of aliphatic hydroxyl groups is 1. The van der Waals surface area contributed by atoms with Crippen LogP contribution in [0.25, 0.3) is 11.1 Å². The fourth-order valence-corrected chi connectivity index (χ4v) is 3.85. The summed E-state index contributed by atoms with van der Waals surface area (Å²) in [5.74, 6) is 0. The highest BCUT2D eigenvalue weighted by Gasteiger charge is 2.44. The van der Waals surface area contributed by atoms with Gasteiger partial charge in [-0.1, -0.05) is 66.7 Å². The van der Waals surface area contributed by atoms with Crippen LogP contribution in [0.4, 0.5) is 5.69 Å². The van der Waals surface area contributed by atoms with E-state index >= 15 is 0 Å². The van der Waals surface area contributed by atoms with Crippen LogP contribution in [0.5, 0.6) is 0 Å². The van der Waals surface area contributed by atoms with E-state index in [1.807, 2.05) is 48.5 Å². The van der Waals surface area contributed by atoms with Gasteiger partial charge in [-0.25, -0.2) is 4.99 Å². The van der Waals surface area contributed by atoms with Gasteiger partial charge in [0.1, 0.15) is 5.60 Å². The number of nitrogens with zero attached hydrogens (tertiary/aromatic N) is 1. The predicted molar refractivity (Wildman–Crippen MR) is 92.1 cm³/mol. The highest BCUT2D eigenvalue weighted by Crippen LogP contribution is 2.47. The van der Waals surface area contributed by atoms with Crippen molar-refractivity contribution in [1.29, 1.82) is 0 Å². The van der Waals surface area contributed by atoms with Gasteiger partial charge >= 0.3 is 0 Å². The largest absolute Gasteiger partial charge is 0.378 e. The lowest BCUT2D eigenvalue weighted by atomic mass is 9.70. The van der Waals surface area contributed by atoms with Crippen LogP contribution in [-0.2, 0) is 12.0 Å². The number of hydrogen-bond acceptors (Lipinski definition) is 2. The Kier molecular flexibility index (Phi) is 2.45. The van der Waals surface area contributed by atoms with Crippen molar-refractivity contribution in [2.45, 2.75) is 12.0 Å². The molecule has 110 valence electrons. The third kappa shape index (κ3) is 1.64. The van der Waals surface area contributed by atoms with E-state index in [0.717, 1.165) is 39.2 Å². The number of rotatable bonds is 0. The number of fused-ring (bicyclic) bond motifs is 7. The fraction of sp³-hybridized carbons (Fsp3) is 0.0952. The molecule has 0 aromatic heterocycles. The van der Waals surface area contributed by atoms with Crippen LogP contribution < -0.4 is 0 Å². The summed E-state index contributed by atoms with van der Waals surface area (Å²) in [6.45, 7) is 0. The Bertz CT molecular complexity index is 973. The number of aliphatic imine (C=N–C) groups is 1. The van der Waals surface area contributed by atoms with E-state index in [2.05, 4.69) is 24.3 Å². The Morgan fingerprint density at radius 2 is 1.39 bits per heavy atom. The van der Waals surface area contributed by atoms with Gasteiger partial charge < -0.3 is 5.11 Å². The third-order valence-electron chi connectivity index (χ3n) is 4.91. The van der Waals surface area contributed by atoms with Crippen molar-refractivity contribution in [1.82, 2.24) is 0 Å². The van der Waals surface area contributed by atoms with Crippen molar-refractivity contribution in [2.24, 2.45) is 4.99 Å². The molecule has 2 aliphatic rings. The lowest BCUT2D eigenvalue weighted by molar-refractivity contribution is 0.110. The molecule has 2 nitrogen and oxygen atoms in total. The maximum Gasteiger partial charge on any atom is 0.137 e. The first-order chi connectivity index (χ1) is 11.3. The van der Waals surface area contributed by atoms with Crippen LogP contribution >= 0.6 is 0 Å². The summed E-state index contributed by atoms with van der Waals surface area (Å²) in [7, 11) is 0. The molecule has 1 aliphatic heterocycles. The van der Waals surface area contributed by atoms with Gasteiger partial charge in [-0.3, -0.25) is 0 Å². The Morgan fingerprint density at radius 1 is 0.739 bits per heavy atom. The van der Waals surface area contributed by atoms with Crippen molar-refractivity contribution in [3.8, 4) is 11.1 Å². The zero-order valence-electron chi connectivity index (χ0n) is 12.5. The standard InChI is InChI=1S/C21H15NO/c23-21-13-14-7-1-6-12-19(14)22-20(21)17-10-3-2-8-15(17)16-9-4-5-11-18(16)21/h1-12,23H,13H2. The summed E-state index contributed by atoms with van der Waals surface area (Å²) in [5, 5.41) is 11.6. The second-order valence-electron chi connectivity index (χ2n) is 6.22. The zero-order chi connectivity index (χ0) is 15.4. The van der Waals surface area contributed by atoms with Gasteiger partial charge in [0.15, 0.2) is 0 Å². The van der Waals surface area contributed by atoms with E-state index in [1.54, 1.807) is 0 Å². The molecule has 1 heterocycles. The van der Waals surface area contributed by atoms with Gasteiger partial charge in [0.2, 0.25) is 0 Å². The summed E-state index contributed by atoms with van der Waals surface area (Å²) in [6.07, 6.45) is 0.563. The molecular weight excluding hydrogens is 282 g/mol. The first-order valence-corrected chi connectivity index (χ1v) is 7.86. The van der Waals surface area contributed by atoms with Crippen LogP contribution in [0.3, 0.4) is 0 Å². The second-order valence-corrected chi connectivity index (χ2v) is 6.22. The molecule has 0 spiro atoms. The van der Waals surface area contributed by atoms with Crippen LogP contribution in [0.1, 0.15) is 16.7 Å². The van der Waals surface area contributed by atoms with Crippen molar-refractivity contribution in [2.75, 3.05) is 0 Å². The molecule has 0 fully saturated rings. The monoisotopic (exact) mass is 297 g/mol. The third-order valence-corrected chi connectivity index (χ3v) is 4.91. The minimum Gasteiger partial charge on any atom is -0.378 e. The lowest BCUT2D eigenvalue weighted by Gasteiger charge is -2.39. The van der Waals surface area contributed by atoms with Crippen LogP contribution in [0, 0.1) is 0 Å². The minimum absolute atomic E-state index is 0.563. The summed E-state index contributed by atoms with van der Waals surface area (Å²) < 4.78 is 0. The van der Waals surface area contributed by atoms with Gasteiger partial charge in [0.25, 0.3) is 0 Å². The van der Waals surface area contributed by atoms with E-state index < -0.39 is 5.60 Å². The minimum atomic E-state index is -1.06. The van der Waals surface area contributed by atoms with Crippen molar-refractivity contribution < 1.29 is 5.11 Å². The molecule has 0 bridgehead atoms. The predicted octanol–water partition coefficient (Wildman–Crippen LogP) is 4.23. The topological polar surface area (TPSA) is 32.6 Å². The Hall–Kier alpha value is -2.71. The number of para-hydroxylation sites is 1. The molecule has 5 rings (SSSR count). The molecule has 23 heavy (non-hydrogen) atoms. The molecule has 0 saturated carbocycles. The van der Waals surface area contributed by atoms with Crippen molar-refractivity contribution in [3.05, 3.63) is 89.5 Å². The summed E-state index contributed by atoms with van der Waals surface area (Å²) in [5.41, 5.74) is 5.99. The molecular formula is C21H15NO. The summed E-state index contributed by atoms with van der Waals surface area (Å²) in [6, 6.07) is 24.4. The molecule has 3 aromatic rings. The van der Waals surface area contributed by atoms with E-state index in [-0.39, 0.29) is 0 Å². The van der Waals surface area contributed by atoms with Crippen LogP contribution in [0.15, 0.2) is 77.8 Å². The molecule has 0 saturated heterocycles. The van der Waals surface area contributed by atoms with E-state index in [0.29, 0.717) is 6.42 Å². The molecule has 1 aliphatic carbocycles. The normalized spacial score (nSPS) is 20.7. The van der Waals surface area contributed by atoms with Gasteiger partial charge in [0, 0.05) is 12.0 Å². The first kappa shape index (κ1) is 12.8. The van der Waals surface area contributed by atoms with Crippen LogP contribution in [-0.4, -0.2) is 10.8 Å². The Morgan fingerprint density at radius 3 is 2.26 bits per heavy atom. The smallest absolute Gasteiger partial charge is 0.137 e. The van der Waals surface area contributed by atoms with Gasteiger partial charge in [0.05, 0.1) is 11.4 Å². The fourth-order valence-electron chi connectivity index (χ4n) is 3.85. The highest BCUT2D eigenvalue weighted by molar-refractivity contribution is 6.16. The molecule has 3 aromatic carbocycles. The quantitative estimate of drug-likeness (QED) is 0.661. The summed E-state index contributed by atoms with van der Waals surface area (Å²) in [4.78, 5) is 4.85. The highest BCUT2D eigenvalue weighted by atomic mass is 16.3. The van der Waals surface area contributed by atoms with Crippen LogP contribution in [0.2, 0.25) is 0 Å². The number of benzene rings is 3. The molecule has 1 N–H and O–H groups in total.